The minimum absolute atomic E-state index is 0.137. The average molecular weight is 222 g/mol. The first-order valence-corrected chi connectivity index (χ1v) is 5.22. The average Bonchev–Trinajstić information content (AvgIpc) is 2.23. The molecular weight excluding hydrogens is 210 g/mol. The lowest BCUT2D eigenvalue weighted by molar-refractivity contribution is 0.305. The van der Waals surface area contributed by atoms with E-state index in [1.165, 1.54) is 12.1 Å². The molecule has 1 aromatic rings. The van der Waals surface area contributed by atoms with E-state index < -0.39 is 11.6 Å². The van der Waals surface area contributed by atoms with Crippen LogP contribution in [0.5, 0.6) is 0 Å². The van der Waals surface area contributed by atoms with Crippen molar-refractivity contribution < 1.29 is 8.78 Å². The second-order valence-corrected chi connectivity index (χ2v) is 4.44. The van der Waals surface area contributed by atoms with Crippen molar-refractivity contribution in [3.05, 3.63) is 29.3 Å². The minimum Gasteiger partial charge on any atom is -0.377 e. The molecular formula is C12H12F2N2. The van der Waals surface area contributed by atoms with Gasteiger partial charge in [0.1, 0.15) is 6.07 Å². The zero-order valence-electron chi connectivity index (χ0n) is 8.98. The van der Waals surface area contributed by atoms with Gasteiger partial charge in [-0.3, -0.25) is 0 Å². The fourth-order valence-electron chi connectivity index (χ4n) is 1.89. The van der Waals surface area contributed by atoms with Crippen molar-refractivity contribution in [3.63, 3.8) is 0 Å². The summed E-state index contributed by atoms with van der Waals surface area (Å²) in [6.45, 7) is 1.98. The van der Waals surface area contributed by atoms with Crippen LogP contribution in [0.3, 0.4) is 0 Å². The molecule has 0 saturated heterocycles. The molecule has 4 heteroatoms. The molecule has 0 amide bonds. The number of nitriles is 1. The number of hydrogen-bond donors (Lipinski definition) is 1. The van der Waals surface area contributed by atoms with Gasteiger partial charge in [-0.05, 0) is 38.3 Å². The summed E-state index contributed by atoms with van der Waals surface area (Å²) in [7, 11) is 0. The molecule has 1 aromatic carbocycles. The summed E-state index contributed by atoms with van der Waals surface area (Å²) in [5, 5.41) is 11.5. The van der Waals surface area contributed by atoms with Crippen LogP contribution in [0.1, 0.15) is 31.7 Å². The zero-order chi connectivity index (χ0) is 11.8. The number of nitrogens with zero attached hydrogens (tertiary/aromatic N) is 1. The van der Waals surface area contributed by atoms with Crippen LogP contribution in [0.2, 0.25) is 0 Å². The van der Waals surface area contributed by atoms with Crippen LogP contribution in [0.25, 0.3) is 0 Å². The van der Waals surface area contributed by atoms with Crippen molar-refractivity contribution in [2.45, 2.75) is 31.7 Å². The van der Waals surface area contributed by atoms with Gasteiger partial charge < -0.3 is 5.32 Å². The molecule has 0 unspecified atom stereocenters. The van der Waals surface area contributed by atoms with Crippen LogP contribution in [-0.4, -0.2) is 5.54 Å². The molecule has 1 fully saturated rings. The quantitative estimate of drug-likeness (QED) is 0.834. The van der Waals surface area contributed by atoms with E-state index in [2.05, 4.69) is 5.32 Å². The highest BCUT2D eigenvalue weighted by atomic mass is 19.2. The molecule has 84 valence electrons. The van der Waals surface area contributed by atoms with E-state index in [0.717, 1.165) is 19.3 Å². The predicted molar refractivity (Wildman–Crippen MR) is 57.0 cm³/mol. The van der Waals surface area contributed by atoms with Crippen LogP contribution in [0.4, 0.5) is 14.5 Å². The number of rotatable bonds is 2. The van der Waals surface area contributed by atoms with Gasteiger partial charge in [0.2, 0.25) is 0 Å². The van der Waals surface area contributed by atoms with Crippen molar-refractivity contribution in [3.8, 4) is 6.07 Å². The third-order valence-corrected chi connectivity index (χ3v) is 3.10. The maximum atomic E-state index is 13.6. The van der Waals surface area contributed by atoms with Crippen molar-refractivity contribution in [1.29, 1.82) is 5.26 Å². The van der Waals surface area contributed by atoms with Gasteiger partial charge in [-0.1, -0.05) is 0 Å². The summed E-state index contributed by atoms with van der Waals surface area (Å²) in [4.78, 5) is 0. The van der Waals surface area contributed by atoms with Crippen LogP contribution in [0, 0.1) is 23.0 Å². The summed E-state index contributed by atoms with van der Waals surface area (Å²) in [5.74, 6) is -2.04. The maximum absolute atomic E-state index is 13.6. The first-order valence-electron chi connectivity index (χ1n) is 5.22. The van der Waals surface area contributed by atoms with Gasteiger partial charge >= 0.3 is 0 Å². The summed E-state index contributed by atoms with van der Waals surface area (Å²) in [5.41, 5.74) is -0.262. The lowest BCUT2D eigenvalue weighted by Gasteiger charge is -2.40. The van der Waals surface area contributed by atoms with E-state index in [1.54, 1.807) is 6.07 Å². The number of benzene rings is 1. The number of nitrogens with one attached hydrogen (secondary N) is 1. The van der Waals surface area contributed by atoms with E-state index >= 15 is 0 Å². The van der Waals surface area contributed by atoms with Crippen molar-refractivity contribution in [2.24, 2.45) is 0 Å². The van der Waals surface area contributed by atoms with Crippen molar-refractivity contribution >= 4 is 5.69 Å². The van der Waals surface area contributed by atoms with Crippen LogP contribution in [0.15, 0.2) is 12.1 Å². The van der Waals surface area contributed by atoms with E-state index in [4.69, 9.17) is 5.26 Å². The van der Waals surface area contributed by atoms with Gasteiger partial charge in [0.05, 0.1) is 11.3 Å². The first-order chi connectivity index (χ1) is 7.56. The highest BCUT2D eigenvalue weighted by molar-refractivity contribution is 5.51. The predicted octanol–water partition coefficient (Wildman–Crippen LogP) is 3.19. The SMILES string of the molecule is CC1(Nc2ccc(C#N)c(F)c2F)CCC1. The Kier molecular flexibility index (Phi) is 2.55. The number of hydrogen-bond acceptors (Lipinski definition) is 2. The third-order valence-electron chi connectivity index (χ3n) is 3.10. The molecule has 1 N–H and O–H groups in total. The molecule has 0 aromatic heterocycles. The van der Waals surface area contributed by atoms with Crippen LogP contribution in [-0.2, 0) is 0 Å². The Balaban J connectivity index is 2.29. The Bertz CT molecular complexity index is 459. The lowest BCUT2D eigenvalue weighted by Crippen LogP contribution is -2.41. The maximum Gasteiger partial charge on any atom is 0.183 e. The molecule has 0 atom stereocenters. The normalized spacial score (nSPS) is 17.4. The highest BCUT2D eigenvalue weighted by Crippen LogP contribution is 2.35. The molecule has 1 saturated carbocycles. The Morgan fingerprint density at radius 3 is 2.50 bits per heavy atom. The standard InChI is InChI=1S/C12H12F2N2/c1-12(5-2-6-12)16-9-4-3-8(7-15)10(13)11(9)14/h3-4,16H,2,5-6H2,1H3. The van der Waals surface area contributed by atoms with Gasteiger partial charge in [-0.25, -0.2) is 8.78 Å². The third kappa shape index (κ3) is 1.73. The molecule has 2 rings (SSSR count). The molecule has 2 nitrogen and oxygen atoms in total. The molecule has 0 heterocycles. The number of anilines is 1. The highest BCUT2D eigenvalue weighted by Gasteiger charge is 2.32. The largest absolute Gasteiger partial charge is 0.377 e. The van der Waals surface area contributed by atoms with Gasteiger partial charge in [0.15, 0.2) is 11.6 Å². The van der Waals surface area contributed by atoms with Crippen LogP contribution >= 0.6 is 0 Å². The Hall–Kier alpha value is -1.63. The summed E-state index contributed by atoms with van der Waals surface area (Å²) < 4.78 is 26.9. The monoisotopic (exact) mass is 222 g/mol. The summed E-state index contributed by atoms with van der Waals surface area (Å²) >= 11 is 0. The second-order valence-electron chi connectivity index (χ2n) is 4.44. The summed E-state index contributed by atoms with van der Waals surface area (Å²) in [6, 6.07) is 4.32. The van der Waals surface area contributed by atoms with E-state index in [0.29, 0.717) is 0 Å². The zero-order valence-corrected chi connectivity index (χ0v) is 8.98. The topological polar surface area (TPSA) is 35.8 Å². The molecule has 16 heavy (non-hydrogen) atoms. The molecule has 1 aliphatic carbocycles. The second kappa shape index (κ2) is 3.75. The van der Waals surface area contributed by atoms with Crippen LogP contribution < -0.4 is 5.32 Å². The molecule has 1 aliphatic rings. The smallest absolute Gasteiger partial charge is 0.183 e. The Morgan fingerprint density at radius 2 is 2.00 bits per heavy atom. The van der Waals surface area contributed by atoms with Gasteiger partial charge in [-0.15, -0.1) is 0 Å². The summed E-state index contributed by atoms with van der Waals surface area (Å²) in [6.07, 6.45) is 3.01. The number of halogens is 2. The lowest BCUT2D eigenvalue weighted by atomic mass is 9.78. The van der Waals surface area contributed by atoms with Gasteiger partial charge in [-0.2, -0.15) is 5.26 Å². The van der Waals surface area contributed by atoms with E-state index in [-0.39, 0.29) is 16.8 Å². The molecule has 0 radical (unpaired) electrons. The fraction of sp³-hybridized carbons (Fsp3) is 0.417. The fourth-order valence-corrected chi connectivity index (χ4v) is 1.89. The molecule has 0 spiro atoms. The van der Waals surface area contributed by atoms with Gasteiger partial charge in [0, 0.05) is 5.54 Å². The minimum atomic E-state index is -1.07. The Labute approximate surface area is 92.9 Å². The Morgan fingerprint density at radius 1 is 1.31 bits per heavy atom. The van der Waals surface area contributed by atoms with Gasteiger partial charge in [0.25, 0.3) is 0 Å². The molecule has 0 bridgehead atoms. The molecule has 0 aliphatic heterocycles. The first kappa shape index (κ1) is 10.9. The van der Waals surface area contributed by atoms with E-state index in [1.807, 2.05) is 6.92 Å². The van der Waals surface area contributed by atoms with Crippen molar-refractivity contribution in [1.82, 2.24) is 0 Å². The van der Waals surface area contributed by atoms with E-state index in [9.17, 15) is 8.78 Å². The van der Waals surface area contributed by atoms with Crippen molar-refractivity contribution in [2.75, 3.05) is 5.32 Å².